The van der Waals surface area contributed by atoms with Crippen molar-refractivity contribution >= 4 is 16.7 Å². The van der Waals surface area contributed by atoms with Crippen molar-refractivity contribution in [2.24, 2.45) is 5.92 Å². The fraction of sp³-hybridized carbons (Fsp3) is 0.286. The van der Waals surface area contributed by atoms with Crippen molar-refractivity contribution in [2.45, 2.75) is 20.4 Å². The number of halogens is 1. The van der Waals surface area contributed by atoms with Crippen molar-refractivity contribution in [3.8, 4) is 5.75 Å². The van der Waals surface area contributed by atoms with Crippen LogP contribution in [0.4, 0.5) is 4.39 Å². The second-order valence-corrected chi connectivity index (χ2v) is 5.00. The predicted molar refractivity (Wildman–Crippen MR) is 71.6 cm³/mol. The van der Waals surface area contributed by atoms with Crippen LogP contribution in [-0.2, 0) is 6.54 Å². The van der Waals surface area contributed by atoms with Gasteiger partial charge in [0, 0.05) is 11.9 Å². The van der Waals surface area contributed by atoms with Gasteiger partial charge in [-0.1, -0.05) is 13.8 Å². The summed E-state index contributed by atoms with van der Waals surface area (Å²) in [6.45, 7) is 3.75. The molecule has 106 valence electrons. The van der Waals surface area contributed by atoms with Crippen LogP contribution in [0.15, 0.2) is 23.0 Å². The molecule has 1 heterocycles. The fourth-order valence-electron chi connectivity index (χ4n) is 2.16. The van der Waals surface area contributed by atoms with Crippen LogP contribution in [0.25, 0.3) is 10.8 Å². The standard InChI is InChI=1S/C14H14FNO4/c1-7(2)6-16-11(14(19)20)12(17)9-4-3-8(15)5-10(9)13(16)18/h3-5,7,17H,6H2,1-2H3,(H,19,20). The van der Waals surface area contributed by atoms with Gasteiger partial charge in [0.15, 0.2) is 11.4 Å². The van der Waals surface area contributed by atoms with Crippen LogP contribution >= 0.6 is 0 Å². The third-order valence-electron chi connectivity index (χ3n) is 2.96. The Morgan fingerprint density at radius 1 is 1.35 bits per heavy atom. The lowest BCUT2D eigenvalue weighted by Crippen LogP contribution is -2.28. The summed E-state index contributed by atoms with van der Waals surface area (Å²) < 4.78 is 14.2. The summed E-state index contributed by atoms with van der Waals surface area (Å²) in [5.74, 6) is -2.54. The molecule has 0 spiro atoms. The number of carboxylic acid groups (broad SMARTS) is 1. The highest BCUT2D eigenvalue weighted by molar-refractivity contribution is 5.98. The molecule has 2 rings (SSSR count). The van der Waals surface area contributed by atoms with Crippen molar-refractivity contribution in [3.63, 3.8) is 0 Å². The van der Waals surface area contributed by atoms with E-state index in [1.165, 1.54) is 6.07 Å². The number of benzene rings is 1. The summed E-state index contributed by atoms with van der Waals surface area (Å²) in [4.78, 5) is 23.6. The Labute approximate surface area is 113 Å². The van der Waals surface area contributed by atoms with Crippen molar-refractivity contribution in [1.29, 1.82) is 0 Å². The van der Waals surface area contributed by atoms with E-state index in [1.807, 2.05) is 13.8 Å². The molecule has 0 atom stereocenters. The van der Waals surface area contributed by atoms with Crippen LogP contribution in [-0.4, -0.2) is 20.7 Å². The minimum Gasteiger partial charge on any atom is -0.505 e. The van der Waals surface area contributed by atoms with Gasteiger partial charge in [-0.3, -0.25) is 9.36 Å². The van der Waals surface area contributed by atoms with E-state index in [2.05, 4.69) is 0 Å². The zero-order valence-electron chi connectivity index (χ0n) is 11.1. The normalized spacial score (nSPS) is 11.2. The Bertz CT molecular complexity index is 749. The number of carboxylic acids is 1. The van der Waals surface area contributed by atoms with Crippen LogP contribution < -0.4 is 5.56 Å². The minimum atomic E-state index is -1.40. The van der Waals surface area contributed by atoms with Crippen molar-refractivity contribution in [3.05, 3.63) is 40.1 Å². The Morgan fingerprint density at radius 3 is 2.55 bits per heavy atom. The number of aromatic carboxylic acids is 1. The lowest BCUT2D eigenvalue weighted by atomic mass is 10.1. The monoisotopic (exact) mass is 279 g/mol. The molecule has 0 amide bonds. The molecule has 0 fully saturated rings. The number of fused-ring (bicyclic) bond motifs is 1. The highest BCUT2D eigenvalue weighted by Gasteiger charge is 2.22. The molecule has 5 nitrogen and oxygen atoms in total. The lowest BCUT2D eigenvalue weighted by molar-refractivity contribution is 0.0679. The zero-order valence-corrected chi connectivity index (χ0v) is 11.1. The minimum absolute atomic E-state index is 0.00351. The van der Waals surface area contributed by atoms with Gasteiger partial charge in [-0.05, 0) is 24.1 Å². The maximum Gasteiger partial charge on any atom is 0.356 e. The summed E-state index contributed by atoms with van der Waals surface area (Å²) in [6, 6.07) is 3.27. The van der Waals surface area contributed by atoms with Crippen LogP contribution in [0.5, 0.6) is 5.75 Å². The van der Waals surface area contributed by atoms with Gasteiger partial charge < -0.3 is 10.2 Å². The number of aromatic hydroxyl groups is 1. The van der Waals surface area contributed by atoms with Gasteiger partial charge in [0.2, 0.25) is 0 Å². The van der Waals surface area contributed by atoms with Gasteiger partial charge in [0.05, 0.1) is 5.39 Å². The Balaban J connectivity index is 2.94. The number of aromatic nitrogens is 1. The van der Waals surface area contributed by atoms with E-state index in [0.29, 0.717) is 0 Å². The summed E-state index contributed by atoms with van der Waals surface area (Å²) in [6.07, 6.45) is 0. The van der Waals surface area contributed by atoms with E-state index in [4.69, 9.17) is 0 Å². The molecule has 0 aliphatic rings. The molecule has 0 saturated heterocycles. The highest BCUT2D eigenvalue weighted by atomic mass is 19.1. The third kappa shape index (κ3) is 2.24. The molecule has 20 heavy (non-hydrogen) atoms. The summed E-state index contributed by atoms with van der Waals surface area (Å²) >= 11 is 0. The van der Waals surface area contributed by atoms with Crippen molar-refractivity contribution in [2.75, 3.05) is 0 Å². The second kappa shape index (κ2) is 4.96. The molecule has 0 saturated carbocycles. The van der Waals surface area contributed by atoms with Gasteiger partial charge in [0.1, 0.15) is 5.82 Å². The molecule has 1 aromatic carbocycles. The maximum atomic E-state index is 13.3. The third-order valence-corrected chi connectivity index (χ3v) is 2.96. The van der Waals surface area contributed by atoms with Crippen LogP contribution in [0.3, 0.4) is 0 Å². The van der Waals surface area contributed by atoms with E-state index in [0.717, 1.165) is 16.7 Å². The molecule has 2 aromatic rings. The number of rotatable bonds is 3. The topological polar surface area (TPSA) is 79.5 Å². The molecule has 0 radical (unpaired) electrons. The molecule has 0 bridgehead atoms. The first-order valence-electron chi connectivity index (χ1n) is 6.11. The van der Waals surface area contributed by atoms with Gasteiger partial charge in [-0.15, -0.1) is 0 Å². The molecule has 6 heteroatoms. The number of nitrogens with zero attached hydrogens (tertiary/aromatic N) is 1. The van der Waals surface area contributed by atoms with Crippen molar-refractivity contribution in [1.82, 2.24) is 4.57 Å². The Hall–Kier alpha value is -2.37. The number of carbonyl (C=O) groups is 1. The van der Waals surface area contributed by atoms with Crippen LogP contribution in [0, 0.1) is 11.7 Å². The average molecular weight is 279 g/mol. The largest absolute Gasteiger partial charge is 0.505 e. The Morgan fingerprint density at radius 2 is 2.00 bits per heavy atom. The zero-order chi connectivity index (χ0) is 15.0. The van der Waals surface area contributed by atoms with Crippen LogP contribution in [0.2, 0.25) is 0 Å². The molecule has 2 N–H and O–H groups in total. The van der Waals surface area contributed by atoms with Gasteiger partial charge in [0.25, 0.3) is 5.56 Å². The summed E-state index contributed by atoms with van der Waals surface area (Å²) in [7, 11) is 0. The molecule has 0 aliphatic carbocycles. The summed E-state index contributed by atoms with van der Waals surface area (Å²) in [5.41, 5.74) is -1.09. The number of hydrogen-bond donors (Lipinski definition) is 2. The molecule has 1 aromatic heterocycles. The van der Waals surface area contributed by atoms with E-state index < -0.39 is 28.8 Å². The predicted octanol–water partition coefficient (Wildman–Crippen LogP) is 2.20. The van der Waals surface area contributed by atoms with E-state index in [1.54, 1.807) is 0 Å². The van der Waals surface area contributed by atoms with Crippen LogP contribution in [0.1, 0.15) is 24.3 Å². The molecule has 0 unspecified atom stereocenters. The number of pyridine rings is 1. The smallest absolute Gasteiger partial charge is 0.356 e. The first-order valence-corrected chi connectivity index (χ1v) is 6.11. The Kier molecular flexibility index (Phi) is 3.48. The van der Waals surface area contributed by atoms with Gasteiger partial charge in [-0.25, -0.2) is 9.18 Å². The first-order chi connectivity index (χ1) is 9.32. The SMILES string of the molecule is CC(C)Cn1c(C(=O)O)c(O)c2ccc(F)cc2c1=O. The maximum absolute atomic E-state index is 13.3. The fourth-order valence-corrected chi connectivity index (χ4v) is 2.16. The molecular formula is C14H14FNO4. The van der Waals surface area contributed by atoms with Crippen molar-refractivity contribution < 1.29 is 19.4 Å². The molecule has 0 aliphatic heterocycles. The summed E-state index contributed by atoms with van der Waals surface area (Å²) in [5, 5.41) is 19.3. The van der Waals surface area contributed by atoms with Gasteiger partial charge >= 0.3 is 5.97 Å². The quantitative estimate of drug-likeness (QED) is 0.902. The van der Waals surface area contributed by atoms with Gasteiger partial charge in [-0.2, -0.15) is 0 Å². The van der Waals surface area contributed by atoms with E-state index >= 15 is 0 Å². The lowest BCUT2D eigenvalue weighted by Gasteiger charge is -2.15. The second-order valence-electron chi connectivity index (χ2n) is 5.00. The average Bonchev–Trinajstić information content (AvgIpc) is 2.34. The first kappa shape index (κ1) is 14.0. The highest BCUT2D eigenvalue weighted by Crippen LogP contribution is 2.27. The number of hydrogen-bond acceptors (Lipinski definition) is 3. The van der Waals surface area contributed by atoms with E-state index in [-0.39, 0.29) is 23.2 Å². The molecular weight excluding hydrogens is 265 g/mol. The van der Waals surface area contributed by atoms with E-state index in [9.17, 15) is 24.2 Å².